The number of hydrogen-bond donors (Lipinski definition) is 0. The van der Waals surface area contributed by atoms with Gasteiger partial charge in [-0.25, -0.2) is 4.98 Å². The average molecular weight is 317 g/mol. The van der Waals surface area contributed by atoms with Crippen LogP contribution in [0.4, 0.5) is 0 Å². The second kappa shape index (κ2) is 5.13. The van der Waals surface area contributed by atoms with Gasteiger partial charge in [0.05, 0.1) is 0 Å². The molecule has 3 rings (SSSR count). The third-order valence-corrected chi connectivity index (χ3v) is 3.79. The summed E-state index contributed by atoms with van der Waals surface area (Å²) in [6.45, 7) is 1.42. The highest BCUT2D eigenvalue weighted by atomic mass is 79.9. The molecule has 0 saturated carbocycles. The van der Waals surface area contributed by atoms with Crippen molar-refractivity contribution in [1.82, 2.24) is 9.88 Å². The Morgan fingerprint density at radius 2 is 1.89 bits per heavy atom. The molecule has 3 nitrogen and oxygen atoms in total. The molecule has 0 spiro atoms. The summed E-state index contributed by atoms with van der Waals surface area (Å²) in [5.74, 6) is -0.00389. The van der Waals surface area contributed by atoms with Gasteiger partial charge in [0.15, 0.2) is 0 Å². The first-order valence-corrected chi connectivity index (χ1v) is 7.02. The molecule has 4 heteroatoms. The summed E-state index contributed by atoms with van der Waals surface area (Å²) in [5, 5.41) is 0. The molecule has 1 aromatic carbocycles. The van der Waals surface area contributed by atoms with Gasteiger partial charge in [0.2, 0.25) is 0 Å². The van der Waals surface area contributed by atoms with Crippen molar-refractivity contribution in [2.75, 3.05) is 6.54 Å². The molecule has 0 saturated heterocycles. The van der Waals surface area contributed by atoms with E-state index in [-0.39, 0.29) is 5.91 Å². The molecule has 2 heterocycles. The van der Waals surface area contributed by atoms with Gasteiger partial charge in [0.1, 0.15) is 10.3 Å². The van der Waals surface area contributed by atoms with E-state index in [4.69, 9.17) is 0 Å². The van der Waals surface area contributed by atoms with E-state index >= 15 is 0 Å². The topological polar surface area (TPSA) is 33.2 Å². The first-order valence-electron chi connectivity index (χ1n) is 6.22. The van der Waals surface area contributed by atoms with Gasteiger partial charge in [-0.3, -0.25) is 4.79 Å². The van der Waals surface area contributed by atoms with Crippen molar-refractivity contribution in [2.45, 2.75) is 13.0 Å². The van der Waals surface area contributed by atoms with Gasteiger partial charge in [-0.1, -0.05) is 30.3 Å². The van der Waals surface area contributed by atoms with Gasteiger partial charge >= 0.3 is 0 Å². The van der Waals surface area contributed by atoms with E-state index in [1.54, 1.807) is 6.07 Å². The molecule has 0 fully saturated rings. The molecular weight excluding hydrogens is 304 g/mol. The van der Waals surface area contributed by atoms with Gasteiger partial charge in [-0.05, 0) is 45.6 Å². The van der Waals surface area contributed by atoms with Crippen molar-refractivity contribution in [3.63, 3.8) is 0 Å². The summed E-state index contributed by atoms with van der Waals surface area (Å²) in [6.07, 6.45) is 0.913. The Morgan fingerprint density at radius 1 is 1.11 bits per heavy atom. The third-order valence-electron chi connectivity index (χ3n) is 3.35. The number of benzene rings is 1. The summed E-state index contributed by atoms with van der Waals surface area (Å²) < 4.78 is 0.691. The summed E-state index contributed by atoms with van der Waals surface area (Å²) >= 11 is 3.30. The Hall–Kier alpha value is -1.68. The largest absolute Gasteiger partial charge is 0.333 e. The van der Waals surface area contributed by atoms with Crippen LogP contribution in [0.3, 0.4) is 0 Å². The van der Waals surface area contributed by atoms with Crippen LogP contribution in [0.25, 0.3) is 0 Å². The standard InChI is InChI=1S/C15H13BrN2O/c16-14-7-3-6-13(17-14)15(19)18-9-8-11-4-1-2-5-12(11)10-18/h1-7H,8-10H2. The molecule has 19 heavy (non-hydrogen) atoms. The number of carbonyl (C=O) groups is 1. The van der Waals surface area contributed by atoms with Crippen LogP contribution in [0.2, 0.25) is 0 Å². The maximum Gasteiger partial charge on any atom is 0.272 e. The number of nitrogens with zero attached hydrogens (tertiary/aromatic N) is 2. The van der Waals surface area contributed by atoms with Crippen LogP contribution < -0.4 is 0 Å². The van der Waals surface area contributed by atoms with E-state index in [9.17, 15) is 4.79 Å². The first kappa shape index (κ1) is 12.4. The number of carbonyl (C=O) groups excluding carboxylic acids is 1. The quantitative estimate of drug-likeness (QED) is 0.758. The molecule has 1 aliphatic rings. The minimum atomic E-state index is -0.00389. The average Bonchev–Trinajstić information content (AvgIpc) is 2.46. The minimum Gasteiger partial charge on any atom is -0.333 e. The first-order chi connectivity index (χ1) is 9.24. The fraction of sp³-hybridized carbons (Fsp3) is 0.200. The normalized spacial score (nSPS) is 14.1. The molecule has 2 aromatic rings. The molecule has 1 aliphatic heterocycles. The lowest BCUT2D eigenvalue weighted by molar-refractivity contribution is 0.0728. The second-order valence-corrected chi connectivity index (χ2v) is 5.40. The molecule has 0 unspecified atom stereocenters. The lowest BCUT2D eigenvalue weighted by Gasteiger charge is -2.28. The van der Waals surface area contributed by atoms with Gasteiger partial charge in [-0.15, -0.1) is 0 Å². The van der Waals surface area contributed by atoms with Crippen LogP contribution in [-0.4, -0.2) is 22.3 Å². The van der Waals surface area contributed by atoms with E-state index in [1.807, 2.05) is 29.2 Å². The Morgan fingerprint density at radius 3 is 2.68 bits per heavy atom. The number of pyridine rings is 1. The molecule has 0 N–H and O–H groups in total. The number of hydrogen-bond acceptors (Lipinski definition) is 2. The highest BCUT2D eigenvalue weighted by Crippen LogP contribution is 2.20. The van der Waals surface area contributed by atoms with Crippen molar-refractivity contribution < 1.29 is 4.79 Å². The van der Waals surface area contributed by atoms with Crippen molar-refractivity contribution in [3.05, 3.63) is 63.9 Å². The van der Waals surface area contributed by atoms with Crippen molar-refractivity contribution in [1.29, 1.82) is 0 Å². The number of fused-ring (bicyclic) bond motifs is 1. The van der Waals surface area contributed by atoms with Gasteiger partial charge in [-0.2, -0.15) is 0 Å². The van der Waals surface area contributed by atoms with Crippen LogP contribution in [0, 0.1) is 0 Å². The summed E-state index contributed by atoms with van der Waals surface area (Å²) in [7, 11) is 0. The number of aromatic nitrogens is 1. The van der Waals surface area contributed by atoms with Gasteiger partial charge < -0.3 is 4.90 Å². The van der Waals surface area contributed by atoms with Crippen LogP contribution in [0.15, 0.2) is 47.1 Å². The molecule has 0 aliphatic carbocycles. The van der Waals surface area contributed by atoms with Crippen molar-refractivity contribution >= 4 is 21.8 Å². The lowest BCUT2D eigenvalue weighted by atomic mass is 10.00. The molecule has 0 bridgehead atoms. The SMILES string of the molecule is O=C(c1cccc(Br)n1)N1CCc2ccccc2C1. The highest BCUT2D eigenvalue weighted by molar-refractivity contribution is 9.10. The molecule has 96 valence electrons. The van der Waals surface area contributed by atoms with E-state index in [0.29, 0.717) is 16.8 Å². The van der Waals surface area contributed by atoms with Crippen LogP contribution in [0.5, 0.6) is 0 Å². The van der Waals surface area contributed by atoms with Crippen molar-refractivity contribution in [2.24, 2.45) is 0 Å². The molecule has 1 aromatic heterocycles. The summed E-state index contributed by atoms with van der Waals surface area (Å²) in [6, 6.07) is 13.7. The van der Waals surface area contributed by atoms with Crippen LogP contribution in [-0.2, 0) is 13.0 Å². The molecular formula is C15H13BrN2O. The van der Waals surface area contributed by atoms with E-state index < -0.39 is 0 Å². The zero-order valence-electron chi connectivity index (χ0n) is 10.3. The third kappa shape index (κ3) is 2.54. The Balaban J connectivity index is 1.83. The zero-order valence-corrected chi connectivity index (χ0v) is 11.9. The lowest BCUT2D eigenvalue weighted by Crippen LogP contribution is -2.36. The maximum atomic E-state index is 12.4. The number of rotatable bonds is 1. The second-order valence-electron chi connectivity index (χ2n) is 4.59. The Labute approximate surface area is 120 Å². The zero-order chi connectivity index (χ0) is 13.2. The van der Waals surface area contributed by atoms with E-state index in [1.165, 1.54) is 11.1 Å². The molecule has 0 atom stereocenters. The number of halogens is 1. The van der Waals surface area contributed by atoms with Crippen LogP contribution >= 0.6 is 15.9 Å². The summed E-state index contributed by atoms with van der Waals surface area (Å²) in [4.78, 5) is 18.5. The predicted molar refractivity (Wildman–Crippen MR) is 76.8 cm³/mol. The fourth-order valence-electron chi connectivity index (χ4n) is 2.36. The highest BCUT2D eigenvalue weighted by Gasteiger charge is 2.22. The predicted octanol–water partition coefficient (Wildman–Crippen LogP) is 3.04. The van der Waals surface area contributed by atoms with Crippen molar-refractivity contribution in [3.8, 4) is 0 Å². The smallest absolute Gasteiger partial charge is 0.272 e. The number of amides is 1. The Kier molecular flexibility index (Phi) is 3.34. The van der Waals surface area contributed by atoms with Gasteiger partial charge in [0.25, 0.3) is 5.91 Å². The van der Waals surface area contributed by atoms with Crippen LogP contribution in [0.1, 0.15) is 21.6 Å². The molecule has 1 amide bonds. The monoisotopic (exact) mass is 316 g/mol. The van der Waals surface area contributed by atoms with Gasteiger partial charge in [0, 0.05) is 13.1 Å². The maximum absolute atomic E-state index is 12.4. The minimum absolute atomic E-state index is 0.00389. The summed E-state index contributed by atoms with van der Waals surface area (Å²) in [5.41, 5.74) is 3.07. The van der Waals surface area contributed by atoms with E-state index in [0.717, 1.165) is 13.0 Å². The molecule has 0 radical (unpaired) electrons. The van der Waals surface area contributed by atoms with E-state index in [2.05, 4.69) is 33.0 Å². The fourth-order valence-corrected chi connectivity index (χ4v) is 2.70. The Bertz CT molecular complexity index is 627.